The summed E-state index contributed by atoms with van der Waals surface area (Å²) in [4.78, 5) is 42.7. The topological polar surface area (TPSA) is 108 Å². The van der Waals surface area contributed by atoms with Crippen molar-refractivity contribution < 1.29 is 24.2 Å². The maximum atomic E-state index is 14.0. The minimum atomic E-state index is -1.14. The van der Waals surface area contributed by atoms with Gasteiger partial charge in [0.15, 0.2) is 0 Å². The molecule has 0 aromatic heterocycles. The Balaban J connectivity index is 1.51. The van der Waals surface area contributed by atoms with Gasteiger partial charge in [0.1, 0.15) is 11.6 Å². The number of anilines is 2. The Bertz CT molecular complexity index is 1160. The Hall–Kier alpha value is -2.94. The van der Waals surface area contributed by atoms with E-state index in [1.807, 2.05) is 32.0 Å². The first-order valence-electron chi connectivity index (χ1n) is 12.3. The fraction of sp³-hybridized carbons (Fsp3) is 0.444. The van der Waals surface area contributed by atoms with Crippen LogP contribution in [0.5, 0.6) is 0 Å². The number of carbonyl (C=O) groups excluding carboxylic acids is 3. The number of carbonyl (C=O) groups is 3. The number of fused-ring (bicyclic) bond motifs is 1. The van der Waals surface area contributed by atoms with Gasteiger partial charge in [0.05, 0.1) is 30.6 Å². The fourth-order valence-corrected chi connectivity index (χ4v) is 6.29. The summed E-state index contributed by atoms with van der Waals surface area (Å²) >= 11 is 5.99. The van der Waals surface area contributed by atoms with Crippen LogP contribution in [-0.2, 0) is 19.1 Å². The van der Waals surface area contributed by atoms with Gasteiger partial charge < -0.3 is 25.4 Å². The van der Waals surface area contributed by atoms with E-state index < -0.39 is 41.5 Å². The van der Waals surface area contributed by atoms with Crippen LogP contribution in [0.25, 0.3) is 0 Å². The van der Waals surface area contributed by atoms with Gasteiger partial charge in [0, 0.05) is 16.4 Å². The zero-order chi connectivity index (χ0) is 25.6. The lowest BCUT2D eigenvalue weighted by Gasteiger charge is -2.38. The van der Waals surface area contributed by atoms with E-state index in [1.54, 1.807) is 36.4 Å². The van der Waals surface area contributed by atoms with E-state index in [1.165, 1.54) is 4.90 Å². The monoisotopic (exact) mass is 511 g/mol. The molecule has 3 saturated heterocycles. The summed E-state index contributed by atoms with van der Waals surface area (Å²) in [6.07, 6.45) is 0.595. The van der Waals surface area contributed by atoms with Gasteiger partial charge >= 0.3 is 0 Å². The number of amides is 3. The third-order valence-corrected chi connectivity index (χ3v) is 8.01. The highest BCUT2D eigenvalue weighted by Crippen LogP contribution is 2.59. The molecule has 3 fully saturated rings. The quantitative estimate of drug-likeness (QED) is 0.528. The molecular weight excluding hydrogens is 482 g/mol. The Morgan fingerprint density at radius 2 is 1.72 bits per heavy atom. The molecule has 8 nitrogen and oxygen atoms in total. The van der Waals surface area contributed by atoms with E-state index >= 15 is 0 Å². The molecule has 3 aliphatic rings. The van der Waals surface area contributed by atoms with Crippen LogP contribution in [0.4, 0.5) is 11.4 Å². The van der Waals surface area contributed by atoms with Gasteiger partial charge in [-0.1, -0.05) is 43.6 Å². The normalized spacial score (nSPS) is 29.4. The lowest BCUT2D eigenvalue weighted by molar-refractivity contribution is -0.144. The van der Waals surface area contributed by atoms with Crippen LogP contribution in [0.2, 0.25) is 5.02 Å². The number of likely N-dealkylation sites (tertiary alicyclic amines) is 1. The van der Waals surface area contributed by atoms with Crippen molar-refractivity contribution in [3.8, 4) is 0 Å². The van der Waals surface area contributed by atoms with Gasteiger partial charge in [0.25, 0.3) is 0 Å². The first-order chi connectivity index (χ1) is 17.3. The largest absolute Gasteiger partial charge is 0.394 e. The van der Waals surface area contributed by atoms with Crippen molar-refractivity contribution >= 4 is 40.7 Å². The number of nitrogens with zero attached hydrogens (tertiary/aromatic N) is 1. The molecular formula is C27H30ClN3O5. The second kappa shape index (κ2) is 9.50. The molecule has 3 heterocycles. The number of nitrogens with one attached hydrogen (secondary N) is 2. The molecule has 2 unspecified atom stereocenters. The summed E-state index contributed by atoms with van der Waals surface area (Å²) in [5.74, 6) is -2.68. The van der Waals surface area contributed by atoms with Gasteiger partial charge in [-0.15, -0.1) is 0 Å². The summed E-state index contributed by atoms with van der Waals surface area (Å²) in [6, 6.07) is 14.2. The van der Waals surface area contributed by atoms with E-state index in [2.05, 4.69) is 10.6 Å². The number of aliphatic hydroxyl groups excluding tert-OH is 1. The van der Waals surface area contributed by atoms with E-state index in [9.17, 15) is 19.5 Å². The molecule has 2 bridgehead atoms. The summed E-state index contributed by atoms with van der Waals surface area (Å²) in [5, 5.41) is 16.6. The fourth-order valence-electron chi connectivity index (χ4n) is 6.16. The van der Waals surface area contributed by atoms with Crippen molar-refractivity contribution in [1.82, 2.24) is 4.90 Å². The zero-order valence-corrected chi connectivity index (χ0v) is 20.9. The van der Waals surface area contributed by atoms with E-state index in [-0.39, 0.29) is 24.3 Å². The Morgan fingerprint density at radius 3 is 2.36 bits per heavy atom. The third-order valence-electron chi connectivity index (χ3n) is 7.76. The van der Waals surface area contributed by atoms with Gasteiger partial charge in [0.2, 0.25) is 17.7 Å². The molecule has 36 heavy (non-hydrogen) atoms. The number of rotatable bonds is 7. The van der Waals surface area contributed by atoms with Crippen LogP contribution in [0.15, 0.2) is 54.6 Å². The van der Waals surface area contributed by atoms with Gasteiger partial charge in [-0.05, 0) is 55.2 Å². The van der Waals surface area contributed by atoms with Crippen molar-refractivity contribution in [2.75, 3.05) is 17.2 Å². The number of ether oxygens (including phenoxy) is 1. The molecule has 190 valence electrons. The van der Waals surface area contributed by atoms with Crippen molar-refractivity contribution in [1.29, 1.82) is 0 Å². The first-order valence-corrected chi connectivity index (χ1v) is 12.7. The lowest BCUT2D eigenvalue weighted by Crippen LogP contribution is -2.57. The maximum absolute atomic E-state index is 14.0. The minimum absolute atomic E-state index is 0.117. The molecule has 0 saturated carbocycles. The number of hydrogen-bond donors (Lipinski definition) is 3. The Labute approximate surface area is 215 Å². The highest BCUT2D eigenvalue weighted by Gasteiger charge is 2.75. The predicted octanol–water partition coefficient (Wildman–Crippen LogP) is 3.31. The zero-order valence-electron chi connectivity index (χ0n) is 20.2. The lowest BCUT2D eigenvalue weighted by atomic mass is 9.70. The predicted molar refractivity (Wildman–Crippen MR) is 135 cm³/mol. The number of aliphatic hydroxyl groups is 1. The average Bonchev–Trinajstić information content (AvgIpc) is 3.49. The van der Waals surface area contributed by atoms with Crippen molar-refractivity contribution in [3.05, 3.63) is 59.6 Å². The van der Waals surface area contributed by atoms with Gasteiger partial charge in [-0.25, -0.2) is 0 Å². The molecule has 3 aliphatic heterocycles. The number of benzene rings is 2. The van der Waals surface area contributed by atoms with Crippen molar-refractivity contribution in [2.45, 2.75) is 50.5 Å². The SMILES string of the molecule is CC(C)[C@H](CO)N1C(=O)[C@@H]2[C@H](C(=O)Nc3ccccc3)[C@@H]3CCC2(O3)C1C(=O)Nc1ccc(Cl)cc1. The third kappa shape index (κ3) is 3.97. The highest BCUT2D eigenvalue weighted by molar-refractivity contribution is 6.30. The molecule has 5 rings (SSSR count). The molecule has 0 radical (unpaired) electrons. The van der Waals surface area contributed by atoms with Gasteiger partial charge in [-0.3, -0.25) is 14.4 Å². The second-order valence-electron chi connectivity index (χ2n) is 10.1. The standard InChI is InChI=1S/C27H30ClN3O5/c1-15(2)19(14-32)31-23(25(34)30-18-10-8-16(28)9-11-18)27-13-12-20(36-27)21(22(27)26(31)35)24(33)29-17-6-4-3-5-7-17/h3-11,15,19-23,32H,12-14H2,1-2H3,(H,29,33)(H,30,34)/t19-,20-,21+,22-,23?,27?/m0/s1. The summed E-state index contributed by atoms with van der Waals surface area (Å²) < 4.78 is 6.43. The Morgan fingerprint density at radius 1 is 1.08 bits per heavy atom. The highest BCUT2D eigenvalue weighted by atomic mass is 35.5. The molecule has 9 heteroatoms. The molecule has 2 aromatic carbocycles. The van der Waals surface area contributed by atoms with Crippen molar-refractivity contribution in [3.63, 3.8) is 0 Å². The second-order valence-corrected chi connectivity index (χ2v) is 10.6. The van der Waals surface area contributed by atoms with E-state index in [0.29, 0.717) is 29.2 Å². The summed E-state index contributed by atoms with van der Waals surface area (Å²) in [6.45, 7) is 3.49. The molecule has 3 amide bonds. The molecule has 6 atom stereocenters. The van der Waals surface area contributed by atoms with E-state index in [0.717, 1.165) is 0 Å². The minimum Gasteiger partial charge on any atom is -0.394 e. The van der Waals surface area contributed by atoms with Crippen LogP contribution in [-0.4, -0.2) is 58.1 Å². The summed E-state index contributed by atoms with van der Waals surface area (Å²) in [5.41, 5.74) is 0.0286. The average molecular weight is 512 g/mol. The van der Waals surface area contributed by atoms with Crippen molar-refractivity contribution in [2.24, 2.45) is 17.8 Å². The van der Waals surface area contributed by atoms with Gasteiger partial charge in [-0.2, -0.15) is 0 Å². The number of hydrogen-bond acceptors (Lipinski definition) is 5. The van der Waals surface area contributed by atoms with Crippen LogP contribution >= 0.6 is 11.6 Å². The van der Waals surface area contributed by atoms with Crippen LogP contribution in [0.3, 0.4) is 0 Å². The molecule has 3 N–H and O–H groups in total. The van der Waals surface area contributed by atoms with Crippen LogP contribution in [0.1, 0.15) is 26.7 Å². The molecule has 0 aliphatic carbocycles. The Kier molecular flexibility index (Phi) is 6.53. The van der Waals surface area contributed by atoms with Crippen LogP contribution < -0.4 is 10.6 Å². The summed E-state index contributed by atoms with van der Waals surface area (Å²) in [7, 11) is 0. The van der Waals surface area contributed by atoms with E-state index in [4.69, 9.17) is 16.3 Å². The van der Waals surface area contributed by atoms with Crippen LogP contribution in [0, 0.1) is 17.8 Å². The molecule has 1 spiro atoms. The molecule has 2 aromatic rings. The number of halogens is 1. The maximum Gasteiger partial charge on any atom is 0.250 e. The first kappa shape index (κ1) is 24.7. The smallest absolute Gasteiger partial charge is 0.250 e. The number of para-hydroxylation sites is 1.